The Hall–Kier alpha value is -1.20. The molecular formula is C15H17NO3S. The third-order valence-corrected chi connectivity index (χ3v) is 5.79. The first-order valence-corrected chi connectivity index (χ1v) is 8.10. The summed E-state index contributed by atoms with van der Waals surface area (Å²) in [4.78, 5) is 14.7. The van der Waals surface area contributed by atoms with Crippen LogP contribution in [0.1, 0.15) is 11.6 Å². The summed E-state index contributed by atoms with van der Waals surface area (Å²) in [6.45, 7) is 0.610. The van der Waals surface area contributed by atoms with Crippen molar-refractivity contribution in [2.75, 3.05) is 25.3 Å². The Kier molecular flexibility index (Phi) is 2.93. The van der Waals surface area contributed by atoms with Crippen LogP contribution in [0.3, 0.4) is 0 Å². The van der Waals surface area contributed by atoms with Gasteiger partial charge in [0.05, 0.1) is 19.6 Å². The topological polar surface area (TPSA) is 38.8 Å². The second kappa shape index (κ2) is 4.67. The van der Waals surface area contributed by atoms with Crippen LogP contribution in [0.25, 0.3) is 0 Å². The van der Waals surface area contributed by atoms with Crippen LogP contribution >= 0.6 is 11.8 Å². The molecule has 0 aliphatic carbocycles. The predicted octanol–water partition coefficient (Wildman–Crippen LogP) is 1.91. The largest absolute Gasteiger partial charge is 0.493 e. The number of rotatable bonds is 1. The predicted molar refractivity (Wildman–Crippen MR) is 76.6 cm³/mol. The van der Waals surface area contributed by atoms with Crippen LogP contribution in [-0.2, 0) is 9.53 Å². The summed E-state index contributed by atoms with van der Waals surface area (Å²) in [5.41, 5.74) is 1.22. The Bertz CT molecular complexity index is 550. The van der Waals surface area contributed by atoms with Crippen LogP contribution in [-0.4, -0.2) is 42.3 Å². The molecular weight excluding hydrogens is 274 g/mol. The van der Waals surface area contributed by atoms with Crippen LogP contribution < -0.4 is 4.74 Å². The minimum absolute atomic E-state index is 0.0617. The lowest BCUT2D eigenvalue weighted by atomic mass is 9.83. The zero-order valence-corrected chi connectivity index (χ0v) is 12.1. The Labute approximate surface area is 122 Å². The van der Waals surface area contributed by atoms with E-state index in [9.17, 15) is 4.79 Å². The Morgan fingerprint density at radius 2 is 2.30 bits per heavy atom. The molecule has 0 bridgehead atoms. The van der Waals surface area contributed by atoms with E-state index in [0.717, 1.165) is 17.4 Å². The maximum Gasteiger partial charge on any atom is 0.310 e. The van der Waals surface area contributed by atoms with Crippen LogP contribution in [0.4, 0.5) is 0 Å². The third kappa shape index (κ3) is 1.63. The molecule has 3 heterocycles. The maximum atomic E-state index is 12.2. The lowest BCUT2D eigenvalue weighted by Crippen LogP contribution is -2.35. The molecule has 0 spiro atoms. The van der Waals surface area contributed by atoms with Crippen molar-refractivity contribution in [1.82, 2.24) is 4.90 Å². The van der Waals surface area contributed by atoms with Crippen molar-refractivity contribution in [3.05, 3.63) is 29.8 Å². The van der Waals surface area contributed by atoms with E-state index in [1.165, 1.54) is 12.7 Å². The molecule has 20 heavy (non-hydrogen) atoms. The number of carbonyl (C=O) groups excluding carboxylic acids is 1. The lowest BCUT2D eigenvalue weighted by Gasteiger charge is -2.33. The van der Waals surface area contributed by atoms with E-state index in [1.54, 1.807) is 0 Å². The highest BCUT2D eigenvalue weighted by molar-refractivity contribution is 7.99. The van der Waals surface area contributed by atoms with Gasteiger partial charge in [-0.3, -0.25) is 9.69 Å². The molecule has 0 N–H and O–H groups in total. The van der Waals surface area contributed by atoms with Gasteiger partial charge in [-0.05, 0) is 6.07 Å². The Balaban J connectivity index is 1.78. The molecule has 0 amide bonds. The van der Waals surface area contributed by atoms with Gasteiger partial charge in [-0.2, -0.15) is 0 Å². The monoisotopic (exact) mass is 291 g/mol. The van der Waals surface area contributed by atoms with Gasteiger partial charge in [0.15, 0.2) is 0 Å². The second-order valence-corrected chi connectivity index (χ2v) is 6.59. The average molecular weight is 291 g/mol. The molecule has 0 radical (unpaired) electrons. The van der Waals surface area contributed by atoms with Crippen LogP contribution in [0.15, 0.2) is 24.3 Å². The maximum absolute atomic E-state index is 12.2. The summed E-state index contributed by atoms with van der Waals surface area (Å²) >= 11 is 1.91. The first-order chi connectivity index (χ1) is 9.81. The van der Waals surface area contributed by atoms with Crippen molar-refractivity contribution in [2.24, 2.45) is 11.8 Å². The first kappa shape index (κ1) is 12.5. The molecule has 1 aromatic carbocycles. The van der Waals surface area contributed by atoms with Crippen molar-refractivity contribution in [2.45, 2.75) is 12.1 Å². The van der Waals surface area contributed by atoms with Crippen molar-refractivity contribution in [3.63, 3.8) is 0 Å². The molecule has 4 rings (SSSR count). The standard InChI is InChI=1S/C15H17NO3S/c1-18-15(17)13-10-6-19-12-5-3-2-4-9(12)14(10)16-8-20-7-11(13)16/h2-5,10-11,13-14H,6-8H2,1H3/t10-,11+,13+,14+/m0/s1. The van der Waals surface area contributed by atoms with Crippen molar-refractivity contribution in [3.8, 4) is 5.75 Å². The van der Waals surface area contributed by atoms with E-state index in [0.29, 0.717) is 12.6 Å². The van der Waals surface area contributed by atoms with Gasteiger partial charge in [0.25, 0.3) is 0 Å². The zero-order chi connectivity index (χ0) is 13.7. The molecule has 1 aromatic rings. The minimum atomic E-state index is -0.0852. The highest BCUT2D eigenvalue weighted by atomic mass is 32.2. The van der Waals surface area contributed by atoms with Gasteiger partial charge >= 0.3 is 5.97 Å². The fourth-order valence-corrected chi connectivity index (χ4v) is 5.22. The molecule has 106 valence electrons. The second-order valence-electron chi connectivity index (χ2n) is 5.59. The van der Waals surface area contributed by atoms with Gasteiger partial charge in [0.1, 0.15) is 5.75 Å². The van der Waals surface area contributed by atoms with Crippen LogP contribution in [0.5, 0.6) is 5.75 Å². The summed E-state index contributed by atoms with van der Waals surface area (Å²) in [6, 6.07) is 8.79. The molecule has 4 nitrogen and oxygen atoms in total. The van der Waals surface area contributed by atoms with Gasteiger partial charge in [-0.25, -0.2) is 0 Å². The van der Waals surface area contributed by atoms with E-state index in [4.69, 9.17) is 9.47 Å². The van der Waals surface area contributed by atoms with Crippen LogP contribution in [0, 0.1) is 11.8 Å². The number of carbonyl (C=O) groups is 1. The molecule has 0 aromatic heterocycles. The Morgan fingerprint density at radius 1 is 1.45 bits per heavy atom. The lowest BCUT2D eigenvalue weighted by molar-refractivity contribution is -0.147. The number of ether oxygens (including phenoxy) is 2. The van der Waals surface area contributed by atoms with Crippen molar-refractivity contribution < 1.29 is 14.3 Å². The molecule has 2 fully saturated rings. The Morgan fingerprint density at radius 3 is 3.15 bits per heavy atom. The number of hydrogen-bond donors (Lipinski definition) is 0. The van der Waals surface area contributed by atoms with Gasteiger partial charge in [-0.15, -0.1) is 11.8 Å². The normalized spacial score (nSPS) is 34.9. The fourth-order valence-electron chi connectivity index (χ4n) is 3.91. The summed E-state index contributed by atoms with van der Waals surface area (Å²) in [6.07, 6.45) is 0. The molecule has 0 unspecified atom stereocenters. The van der Waals surface area contributed by atoms with Gasteiger partial charge in [-0.1, -0.05) is 18.2 Å². The number of fused-ring (bicyclic) bond motifs is 5. The number of methoxy groups -OCH3 is 1. The summed E-state index contributed by atoms with van der Waals surface area (Å²) in [7, 11) is 1.49. The van der Waals surface area contributed by atoms with Crippen molar-refractivity contribution in [1.29, 1.82) is 0 Å². The highest BCUT2D eigenvalue weighted by Crippen LogP contribution is 2.53. The SMILES string of the molecule is COC(=O)[C@@H]1[C@@H]2COc3ccccc3[C@H]2N2CSC[C@H]12. The number of hydrogen-bond acceptors (Lipinski definition) is 5. The molecule has 4 atom stereocenters. The first-order valence-electron chi connectivity index (χ1n) is 6.94. The highest BCUT2D eigenvalue weighted by Gasteiger charge is 2.56. The number of nitrogens with zero attached hydrogens (tertiary/aromatic N) is 1. The smallest absolute Gasteiger partial charge is 0.310 e. The fraction of sp³-hybridized carbons (Fsp3) is 0.533. The van der Waals surface area contributed by atoms with Gasteiger partial charge < -0.3 is 9.47 Å². The van der Waals surface area contributed by atoms with Gasteiger partial charge in [0.2, 0.25) is 0 Å². The zero-order valence-electron chi connectivity index (χ0n) is 11.3. The average Bonchev–Trinajstić information content (AvgIpc) is 3.06. The quantitative estimate of drug-likeness (QED) is 0.739. The van der Waals surface area contributed by atoms with Crippen LogP contribution in [0.2, 0.25) is 0 Å². The van der Waals surface area contributed by atoms with E-state index in [2.05, 4.69) is 11.0 Å². The van der Waals surface area contributed by atoms with E-state index < -0.39 is 0 Å². The van der Waals surface area contributed by atoms with Gasteiger partial charge in [0, 0.05) is 35.2 Å². The molecule has 0 saturated carbocycles. The third-order valence-electron chi connectivity index (χ3n) is 4.74. The number of para-hydroxylation sites is 1. The van der Waals surface area contributed by atoms with E-state index in [1.807, 2.05) is 30.0 Å². The summed E-state index contributed by atoms with van der Waals surface area (Å²) in [5, 5.41) is 0. The minimum Gasteiger partial charge on any atom is -0.493 e. The molecule has 3 aliphatic rings. The van der Waals surface area contributed by atoms with Crippen molar-refractivity contribution >= 4 is 17.7 Å². The van der Waals surface area contributed by atoms with E-state index >= 15 is 0 Å². The number of thioether (sulfide) groups is 1. The van der Waals surface area contributed by atoms with E-state index in [-0.39, 0.29) is 23.8 Å². The molecule has 5 heteroatoms. The number of benzene rings is 1. The molecule has 3 aliphatic heterocycles. The summed E-state index contributed by atoms with van der Waals surface area (Å²) in [5.74, 6) is 3.03. The number of esters is 1. The summed E-state index contributed by atoms with van der Waals surface area (Å²) < 4.78 is 10.9. The molecule has 2 saturated heterocycles.